The maximum Gasteiger partial charge on any atom is 0.235 e. The number of pyridine rings is 1. The van der Waals surface area contributed by atoms with Gasteiger partial charge >= 0.3 is 0 Å². The van der Waals surface area contributed by atoms with Crippen LogP contribution in [0.15, 0.2) is 24.4 Å². The summed E-state index contributed by atoms with van der Waals surface area (Å²) in [6.07, 6.45) is 1.81. The Labute approximate surface area is 87.1 Å². The molecule has 0 saturated heterocycles. The first kappa shape index (κ1) is 9.64. The van der Waals surface area contributed by atoms with Crippen LogP contribution in [0.25, 0.3) is 5.65 Å². The first-order chi connectivity index (χ1) is 7.18. The quantitative estimate of drug-likeness (QED) is 0.802. The van der Waals surface area contributed by atoms with E-state index in [1.165, 1.54) is 0 Å². The number of anilines is 1. The van der Waals surface area contributed by atoms with Gasteiger partial charge in [-0.15, -0.1) is 10.2 Å². The summed E-state index contributed by atoms with van der Waals surface area (Å²) < 4.78 is 1.74. The van der Waals surface area contributed by atoms with Crippen LogP contribution in [0.2, 0.25) is 0 Å². The van der Waals surface area contributed by atoms with Crippen LogP contribution in [0, 0.1) is 5.92 Å². The minimum absolute atomic E-state index is 0.0619. The standard InChI is InChI=1S/C10H12N4O/c1-7(2)9(15)11-10-13-12-8-5-3-4-6-14(8)10/h3-7H,1-2H3,(H,11,13,15). The fourth-order valence-electron chi connectivity index (χ4n) is 1.18. The number of rotatable bonds is 2. The summed E-state index contributed by atoms with van der Waals surface area (Å²) in [6, 6.07) is 5.57. The lowest BCUT2D eigenvalue weighted by atomic mass is 10.2. The first-order valence-corrected chi connectivity index (χ1v) is 4.79. The number of carbonyl (C=O) groups is 1. The molecule has 0 saturated carbocycles. The summed E-state index contributed by atoms with van der Waals surface area (Å²) >= 11 is 0. The van der Waals surface area contributed by atoms with E-state index in [1.807, 2.05) is 38.2 Å². The lowest BCUT2D eigenvalue weighted by Crippen LogP contribution is -2.19. The van der Waals surface area contributed by atoms with Crippen molar-refractivity contribution in [3.63, 3.8) is 0 Å². The van der Waals surface area contributed by atoms with E-state index in [-0.39, 0.29) is 11.8 Å². The molecule has 0 fully saturated rings. The Morgan fingerprint density at radius 1 is 1.40 bits per heavy atom. The van der Waals surface area contributed by atoms with Crippen molar-refractivity contribution >= 4 is 17.5 Å². The Balaban J connectivity index is 2.33. The molecule has 0 aliphatic rings. The maximum absolute atomic E-state index is 11.5. The van der Waals surface area contributed by atoms with Crippen molar-refractivity contribution in [3.05, 3.63) is 24.4 Å². The van der Waals surface area contributed by atoms with Crippen LogP contribution >= 0.6 is 0 Å². The zero-order valence-electron chi connectivity index (χ0n) is 8.64. The van der Waals surface area contributed by atoms with Crippen molar-refractivity contribution in [2.45, 2.75) is 13.8 Å². The van der Waals surface area contributed by atoms with Crippen LogP contribution < -0.4 is 5.32 Å². The topological polar surface area (TPSA) is 59.3 Å². The van der Waals surface area contributed by atoms with Gasteiger partial charge in [0.1, 0.15) is 0 Å². The largest absolute Gasteiger partial charge is 0.294 e. The molecule has 5 heteroatoms. The van der Waals surface area contributed by atoms with Crippen molar-refractivity contribution in [1.82, 2.24) is 14.6 Å². The number of hydrogen-bond donors (Lipinski definition) is 1. The van der Waals surface area contributed by atoms with Crippen molar-refractivity contribution in [1.29, 1.82) is 0 Å². The van der Waals surface area contributed by atoms with Crippen molar-refractivity contribution < 1.29 is 4.79 Å². The Morgan fingerprint density at radius 3 is 2.93 bits per heavy atom. The molecule has 2 rings (SSSR count). The number of amides is 1. The summed E-state index contributed by atoms with van der Waals surface area (Å²) in [4.78, 5) is 11.5. The van der Waals surface area contributed by atoms with Crippen molar-refractivity contribution in [2.24, 2.45) is 5.92 Å². The number of fused-ring (bicyclic) bond motifs is 1. The molecular formula is C10H12N4O. The minimum atomic E-state index is -0.0685. The number of nitrogens with zero attached hydrogens (tertiary/aromatic N) is 3. The molecule has 0 atom stereocenters. The molecule has 0 bridgehead atoms. The van der Waals surface area contributed by atoms with E-state index in [4.69, 9.17) is 0 Å². The summed E-state index contributed by atoms with van der Waals surface area (Å²) in [5.74, 6) is 0.332. The van der Waals surface area contributed by atoms with Crippen LogP contribution in [-0.2, 0) is 4.79 Å². The predicted octanol–water partition coefficient (Wildman–Crippen LogP) is 1.32. The van der Waals surface area contributed by atoms with Crippen LogP contribution in [-0.4, -0.2) is 20.5 Å². The Bertz CT molecular complexity index is 489. The third-order valence-electron chi connectivity index (χ3n) is 2.07. The molecule has 1 amide bonds. The number of hydrogen-bond acceptors (Lipinski definition) is 3. The summed E-state index contributed by atoms with van der Waals surface area (Å²) in [5.41, 5.74) is 0.719. The summed E-state index contributed by atoms with van der Waals surface area (Å²) in [6.45, 7) is 3.66. The van der Waals surface area contributed by atoms with Gasteiger partial charge in [0.25, 0.3) is 0 Å². The van der Waals surface area contributed by atoms with Crippen molar-refractivity contribution in [2.75, 3.05) is 5.32 Å². The second kappa shape index (κ2) is 3.68. The van der Waals surface area contributed by atoms with E-state index in [1.54, 1.807) is 4.40 Å². The second-order valence-corrected chi connectivity index (χ2v) is 3.60. The monoisotopic (exact) mass is 204 g/mol. The van der Waals surface area contributed by atoms with Gasteiger partial charge in [0.2, 0.25) is 11.9 Å². The zero-order valence-corrected chi connectivity index (χ0v) is 8.64. The lowest BCUT2D eigenvalue weighted by Gasteiger charge is -2.04. The van der Waals surface area contributed by atoms with Gasteiger partial charge in [0.15, 0.2) is 5.65 Å². The van der Waals surface area contributed by atoms with Gasteiger partial charge in [-0.2, -0.15) is 0 Å². The van der Waals surface area contributed by atoms with E-state index in [9.17, 15) is 4.79 Å². The highest BCUT2D eigenvalue weighted by atomic mass is 16.2. The van der Waals surface area contributed by atoms with Crippen LogP contribution in [0.5, 0.6) is 0 Å². The average molecular weight is 204 g/mol. The number of nitrogens with one attached hydrogen (secondary N) is 1. The summed E-state index contributed by atoms with van der Waals surface area (Å²) in [5, 5.41) is 10.5. The predicted molar refractivity (Wildman–Crippen MR) is 56.5 cm³/mol. The van der Waals surface area contributed by atoms with E-state index < -0.39 is 0 Å². The molecule has 2 heterocycles. The number of aromatic nitrogens is 3. The molecule has 2 aromatic heterocycles. The molecule has 5 nitrogen and oxygen atoms in total. The first-order valence-electron chi connectivity index (χ1n) is 4.79. The molecule has 0 radical (unpaired) electrons. The highest BCUT2D eigenvalue weighted by Gasteiger charge is 2.11. The average Bonchev–Trinajstić information content (AvgIpc) is 2.62. The normalized spacial score (nSPS) is 10.9. The SMILES string of the molecule is CC(C)C(=O)Nc1nnc2ccccn12. The molecule has 2 aromatic rings. The van der Waals surface area contributed by atoms with Gasteiger partial charge in [-0.25, -0.2) is 0 Å². The van der Waals surface area contributed by atoms with Gasteiger partial charge in [-0.3, -0.25) is 14.5 Å². The highest BCUT2D eigenvalue weighted by Crippen LogP contribution is 2.08. The van der Waals surface area contributed by atoms with Gasteiger partial charge in [0, 0.05) is 12.1 Å². The zero-order chi connectivity index (χ0) is 10.8. The fourth-order valence-corrected chi connectivity index (χ4v) is 1.18. The molecule has 0 spiro atoms. The highest BCUT2D eigenvalue weighted by molar-refractivity contribution is 5.90. The Hall–Kier alpha value is -1.91. The third-order valence-corrected chi connectivity index (χ3v) is 2.07. The summed E-state index contributed by atoms with van der Waals surface area (Å²) in [7, 11) is 0. The van der Waals surface area contributed by atoms with E-state index in [0.717, 1.165) is 5.65 Å². The molecule has 78 valence electrons. The van der Waals surface area contributed by atoms with E-state index in [2.05, 4.69) is 15.5 Å². The van der Waals surface area contributed by atoms with E-state index >= 15 is 0 Å². The molecule has 1 N–H and O–H groups in total. The van der Waals surface area contributed by atoms with Crippen LogP contribution in [0.3, 0.4) is 0 Å². The fraction of sp³-hybridized carbons (Fsp3) is 0.300. The lowest BCUT2D eigenvalue weighted by molar-refractivity contribution is -0.118. The van der Waals surface area contributed by atoms with Crippen molar-refractivity contribution in [3.8, 4) is 0 Å². The third kappa shape index (κ3) is 1.81. The number of carbonyl (C=O) groups excluding carboxylic acids is 1. The Kier molecular flexibility index (Phi) is 2.37. The van der Waals surface area contributed by atoms with Gasteiger partial charge in [0.05, 0.1) is 0 Å². The molecule has 0 unspecified atom stereocenters. The maximum atomic E-state index is 11.5. The van der Waals surface area contributed by atoms with Gasteiger partial charge in [-0.05, 0) is 12.1 Å². The molecule has 0 aliphatic heterocycles. The van der Waals surface area contributed by atoms with Gasteiger partial charge in [-0.1, -0.05) is 19.9 Å². The molecule has 0 aromatic carbocycles. The van der Waals surface area contributed by atoms with E-state index in [0.29, 0.717) is 5.95 Å². The second-order valence-electron chi connectivity index (χ2n) is 3.60. The van der Waals surface area contributed by atoms with Crippen LogP contribution in [0.4, 0.5) is 5.95 Å². The molecule has 15 heavy (non-hydrogen) atoms. The van der Waals surface area contributed by atoms with Gasteiger partial charge < -0.3 is 0 Å². The van der Waals surface area contributed by atoms with Crippen LogP contribution in [0.1, 0.15) is 13.8 Å². The smallest absolute Gasteiger partial charge is 0.235 e. The minimum Gasteiger partial charge on any atom is -0.294 e. The Morgan fingerprint density at radius 2 is 2.20 bits per heavy atom. The molecular weight excluding hydrogens is 192 g/mol. The molecule has 0 aliphatic carbocycles.